The Bertz CT molecular complexity index is 360. The van der Waals surface area contributed by atoms with Crippen molar-refractivity contribution in [1.82, 2.24) is 0 Å². The summed E-state index contributed by atoms with van der Waals surface area (Å²) >= 11 is 1.69. The molecule has 0 aliphatic heterocycles. The van der Waals surface area contributed by atoms with E-state index in [1.54, 1.807) is 11.8 Å². The molecule has 0 aliphatic rings. The smallest absolute Gasteiger partial charge is 0.147 e. The second kappa shape index (κ2) is 6.25. The Morgan fingerprint density at radius 2 is 1.76 bits per heavy atom. The standard InChI is InChI=1S/C15H22OS/c1-5-17-11-14(16)10-12-6-8-13(9-7-12)15(2,3)4/h6-9H,5,10-11H2,1-4H3. The minimum Gasteiger partial charge on any atom is -0.298 e. The maximum Gasteiger partial charge on any atom is 0.147 e. The van der Waals surface area contributed by atoms with E-state index in [4.69, 9.17) is 0 Å². The van der Waals surface area contributed by atoms with Crippen molar-refractivity contribution < 1.29 is 4.79 Å². The molecule has 1 aromatic carbocycles. The first-order valence-electron chi connectivity index (χ1n) is 6.12. The number of rotatable bonds is 5. The van der Waals surface area contributed by atoms with Gasteiger partial charge >= 0.3 is 0 Å². The molecule has 1 aromatic rings. The van der Waals surface area contributed by atoms with E-state index >= 15 is 0 Å². The maximum atomic E-state index is 11.6. The molecular formula is C15H22OS. The van der Waals surface area contributed by atoms with Crippen LogP contribution in [0.4, 0.5) is 0 Å². The average Bonchev–Trinajstić information content (AvgIpc) is 2.26. The number of hydrogen-bond donors (Lipinski definition) is 0. The van der Waals surface area contributed by atoms with Crippen molar-refractivity contribution in [3.8, 4) is 0 Å². The third-order valence-corrected chi connectivity index (χ3v) is 3.62. The van der Waals surface area contributed by atoms with E-state index < -0.39 is 0 Å². The quantitative estimate of drug-likeness (QED) is 0.789. The van der Waals surface area contributed by atoms with Gasteiger partial charge in [0.15, 0.2) is 0 Å². The molecule has 0 saturated carbocycles. The Morgan fingerprint density at radius 1 is 1.18 bits per heavy atom. The average molecular weight is 250 g/mol. The molecule has 0 N–H and O–H groups in total. The lowest BCUT2D eigenvalue weighted by Gasteiger charge is -2.19. The second-order valence-electron chi connectivity index (χ2n) is 5.30. The normalized spacial score (nSPS) is 11.5. The Morgan fingerprint density at radius 3 is 2.24 bits per heavy atom. The molecule has 1 nitrogen and oxygen atoms in total. The Balaban J connectivity index is 2.60. The highest BCUT2D eigenvalue weighted by molar-refractivity contribution is 7.99. The number of carbonyl (C=O) groups is 1. The van der Waals surface area contributed by atoms with Crippen molar-refractivity contribution in [2.45, 2.75) is 39.5 Å². The summed E-state index contributed by atoms with van der Waals surface area (Å²) in [7, 11) is 0. The Hall–Kier alpha value is -0.760. The molecule has 1 rings (SSSR count). The number of ketones is 1. The van der Waals surface area contributed by atoms with Crippen molar-refractivity contribution in [2.24, 2.45) is 0 Å². The molecule has 0 radical (unpaired) electrons. The predicted molar refractivity (Wildman–Crippen MR) is 76.9 cm³/mol. The molecule has 94 valence electrons. The fraction of sp³-hybridized carbons (Fsp3) is 0.533. The minimum absolute atomic E-state index is 0.181. The van der Waals surface area contributed by atoms with Crippen molar-refractivity contribution in [1.29, 1.82) is 0 Å². The van der Waals surface area contributed by atoms with Gasteiger partial charge < -0.3 is 0 Å². The molecule has 0 unspecified atom stereocenters. The van der Waals surface area contributed by atoms with E-state index in [-0.39, 0.29) is 5.41 Å². The summed E-state index contributed by atoms with van der Waals surface area (Å²) in [5, 5.41) is 0. The maximum absolute atomic E-state index is 11.6. The van der Waals surface area contributed by atoms with Gasteiger partial charge in [0.05, 0.1) is 5.75 Å². The van der Waals surface area contributed by atoms with Gasteiger partial charge in [-0.25, -0.2) is 0 Å². The minimum atomic E-state index is 0.181. The van der Waals surface area contributed by atoms with Gasteiger partial charge in [-0.05, 0) is 22.3 Å². The molecule has 0 fully saturated rings. The lowest BCUT2D eigenvalue weighted by atomic mass is 9.86. The topological polar surface area (TPSA) is 17.1 Å². The Kier molecular flexibility index (Phi) is 5.26. The van der Waals surface area contributed by atoms with Crippen molar-refractivity contribution in [3.63, 3.8) is 0 Å². The largest absolute Gasteiger partial charge is 0.298 e. The van der Waals surface area contributed by atoms with Crippen LogP contribution in [0.15, 0.2) is 24.3 Å². The van der Waals surface area contributed by atoms with E-state index in [0.717, 1.165) is 11.3 Å². The molecule has 0 spiro atoms. The van der Waals surface area contributed by atoms with Gasteiger partial charge in [0.2, 0.25) is 0 Å². The summed E-state index contributed by atoms with van der Waals surface area (Å²) in [4.78, 5) is 11.6. The number of carbonyl (C=O) groups excluding carboxylic acids is 1. The van der Waals surface area contributed by atoms with Gasteiger partial charge in [0.1, 0.15) is 5.78 Å². The van der Waals surface area contributed by atoms with E-state index in [0.29, 0.717) is 18.0 Å². The van der Waals surface area contributed by atoms with Gasteiger partial charge in [0.25, 0.3) is 0 Å². The zero-order valence-corrected chi connectivity index (χ0v) is 12.1. The molecule has 17 heavy (non-hydrogen) atoms. The molecule has 0 aliphatic carbocycles. The highest BCUT2D eigenvalue weighted by Gasteiger charge is 2.13. The second-order valence-corrected chi connectivity index (χ2v) is 6.57. The van der Waals surface area contributed by atoms with Crippen LogP contribution in [0.1, 0.15) is 38.8 Å². The zero-order valence-electron chi connectivity index (χ0n) is 11.2. The summed E-state index contributed by atoms with van der Waals surface area (Å²) in [6, 6.07) is 8.43. The first-order chi connectivity index (χ1) is 7.93. The first kappa shape index (κ1) is 14.3. The van der Waals surface area contributed by atoms with Gasteiger partial charge in [-0.15, -0.1) is 0 Å². The van der Waals surface area contributed by atoms with Crippen LogP contribution < -0.4 is 0 Å². The van der Waals surface area contributed by atoms with Gasteiger partial charge in [0, 0.05) is 6.42 Å². The van der Waals surface area contributed by atoms with Gasteiger partial charge in [-0.3, -0.25) is 4.79 Å². The third kappa shape index (κ3) is 4.95. The molecule has 0 heterocycles. The van der Waals surface area contributed by atoms with Crippen molar-refractivity contribution in [3.05, 3.63) is 35.4 Å². The summed E-state index contributed by atoms with van der Waals surface area (Å²) < 4.78 is 0. The molecule has 2 heteroatoms. The fourth-order valence-electron chi connectivity index (χ4n) is 1.62. The molecular weight excluding hydrogens is 228 g/mol. The van der Waals surface area contributed by atoms with Crippen molar-refractivity contribution >= 4 is 17.5 Å². The summed E-state index contributed by atoms with van der Waals surface area (Å²) in [6.07, 6.45) is 0.567. The summed E-state index contributed by atoms with van der Waals surface area (Å²) in [6.45, 7) is 8.68. The molecule has 0 atom stereocenters. The molecule has 0 bridgehead atoms. The SMILES string of the molecule is CCSCC(=O)Cc1ccc(C(C)(C)C)cc1. The van der Waals surface area contributed by atoms with Crippen LogP contribution >= 0.6 is 11.8 Å². The summed E-state index contributed by atoms with van der Waals surface area (Å²) in [5.41, 5.74) is 2.62. The van der Waals surface area contributed by atoms with Crippen LogP contribution in [0.3, 0.4) is 0 Å². The van der Waals surface area contributed by atoms with Gasteiger partial charge in [-0.2, -0.15) is 11.8 Å². The van der Waals surface area contributed by atoms with Crippen LogP contribution in [0.25, 0.3) is 0 Å². The van der Waals surface area contributed by atoms with E-state index in [1.165, 1.54) is 5.56 Å². The fourth-order valence-corrected chi connectivity index (χ4v) is 2.15. The van der Waals surface area contributed by atoms with Crippen LogP contribution in [0.5, 0.6) is 0 Å². The van der Waals surface area contributed by atoms with E-state index in [9.17, 15) is 4.79 Å². The Labute approximate surface area is 109 Å². The van der Waals surface area contributed by atoms with Crippen LogP contribution in [-0.4, -0.2) is 17.3 Å². The lowest BCUT2D eigenvalue weighted by Crippen LogP contribution is -2.11. The molecule has 0 saturated heterocycles. The third-order valence-electron chi connectivity index (χ3n) is 2.69. The molecule has 0 aromatic heterocycles. The van der Waals surface area contributed by atoms with E-state index in [2.05, 4.69) is 52.0 Å². The highest BCUT2D eigenvalue weighted by atomic mass is 32.2. The number of benzene rings is 1. The number of thioether (sulfide) groups is 1. The van der Waals surface area contributed by atoms with Crippen LogP contribution in [0, 0.1) is 0 Å². The first-order valence-corrected chi connectivity index (χ1v) is 7.28. The number of hydrogen-bond acceptors (Lipinski definition) is 2. The van der Waals surface area contributed by atoms with Crippen molar-refractivity contribution in [2.75, 3.05) is 11.5 Å². The predicted octanol–water partition coefficient (Wildman–Crippen LogP) is 3.85. The summed E-state index contributed by atoms with van der Waals surface area (Å²) in [5.74, 6) is 1.96. The monoisotopic (exact) mass is 250 g/mol. The number of Topliss-reactive ketones (excluding diaryl/α,β-unsaturated/α-hetero) is 1. The van der Waals surface area contributed by atoms with E-state index in [1.807, 2.05) is 0 Å². The van der Waals surface area contributed by atoms with Crippen LogP contribution in [0.2, 0.25) is 0 Å². The van der Waals surface area contributed by atoms with Gasteiger partial charge in [-0.1, -0.05) is 52.0 Å². The van der Waals surface area contributed by atoms with Crippen LogP contribution in [-0.2, 0) is 16.6 Å². The lowest BCUT2D eigenvalue weighted by molar-refractivity contribution is -0.116. The highest BCUT2D eigenvalue weighted by Crippen LogP contribution is 2.22. The molecule has 0 amide bonds. The zero-order chi connectivity index (χ0) is 12.9.